The van der Waals surface area contributed by atoms with Crippen LogP contribution in [0.15, 0.2) is 21.8 Å². The molecule has 10 nitrogen and oxygen atoms in total. The van der Waals surface area contributed by atoms with Crippen molar-refractivity contribution in [1.82, 2.24) is 10.1 Å². The van der Waals surface area contributed by atoms with Gasteiger partial charge in [-0.15, -0.1) is 0 Å². The number of phosphoric ester groups is 1. The quantitative estimate of drug-likeness (QED) is 0.547. The van der Waals surface area contributed by atoms with E-state index in [-0.39, 0.29) is 29.1 Å². The van der Waals surface area contributed by atoms with E-state index in [0.29, 0.717) is 0 Å². The average molecular weight is 329 g/mol. The fourth-order valence-electron chi connectivity index (χ4n) is 1.78. The van der Waals surface area contributed by atoms with Gasteiger partial charge in [0.05, 0.1) is 14.4 Å². The van der Waals surface area contributed by atoms with Gasteiger partial charge in [-0.2, -0.15) is 5.16 Å². The molecule has 0 saturated carbocycles. The number of nitrogens with two attached hydrogens (primary N) is 1. The molecule has 2 aromatic heterocycles. The van der Waals surface area contributed by atoms with Gasteiger partial charge in [0.25, 0.3) is 0 Å². The summed E-state index contributed by atoms with van der Waals surface area (Å²) in [5, 5.41) is 15.6. The molecule has 2 aromatic rings. The van der Waals surface area contributed by atoms with Crippen LogP contribution in [-0.4, -0.2) is 10.1 Å². The first kappa shape index (κ1) is 16.4. The first-order chi connectivity index (χ1) is 10.3. The first-order valence-corrected chi connectivity index (χ1v) is 7.54. The Morgan fingerprint density at radius 3 is 2.82 bits per heavy atom. The SMILES string of the molecule is Cc1ncc(COP(=O)([O-])[O-])c(C[NH2+]c2co[nH]c2=O)c1[O-]. The summed E-state index contributed by atoms with van der Waals surface area (Å²) >= 11 is 0. The highest BCUT2D eigenvalue weighted by atomic mass is 31.2. The van der Waals surface area contributed by atoms with Gasteiger partial charge in [0, 0.05) is 23.0 Å². The van der Waals surface area contributed by atoms with E-state index in [0.717, 1.165) is 0 Å². The summed E-state index contributed by atoms with van der Waals surface area (Å²) in [6.07, 6.45) is 2.44. The Morgan fingerprint density at radius 1 is 1.50 bits per heavy atom. The summed E-state index contributed by atoms with van der Waals surface area (Å²) in [7, 11) is -5.16. The molecule has 11 heteroatoms. The summed E-state index contributed by atoms with van der Waals surface area (Å²) in [6, 6.07) is 0. The van der Waals surface area contributed by atoms with Crippen molar-refractivity contribution in [3.63, 3.8) is 0 Å². The summed E-state index contributed by atoms with van der Waals surface area (Å²) < 4.78 is 19.3. The molecule has 3 N–H and O–H groups in total. The van der Waals surface area contributed by atoms with Crippen LogP contribution in [0.4, 0.5) is 5.69 Å². The van der Waals surface area contributed by atoms with Gasteiger partial charge in [-0.1, -0.05) is 5.75 Å². The van der Waals surface area contributed by atoms with Crippen molar-refractivity contribution < 1.29 is 33.8 Å². The monoisotopic (exact) mass is 329 g/mol. The molecular weight excluding hydrogens is 317 g/mol. The van der Waals surface area contributed by atoms with Crippen LogP contribution in [0.25, 0.3) is 0 Å². The van der Waals surface area contributed by atoms with Crippen LogP contribution in [0.2, 0.25) is 0 Å². The van der Waals surface area contributed by atoms with Gasteiger partial charge in [0.1, 0.15) is 6.54 Å². The third-order valence-corrected chi connectivity index (χ3v) is 3.35. The number of hydrogen-bond acceptors (Lipinski definition) is 8. The molecule has 0 fully saturated rings. The van der Waals surface area contributed by atoms with Gasteiger partial charge in [-0.05, 0) is 6.92 Å². The predicted octanol–water partition coefficient (Wildman–Crippen LogP) is -2.51. The molecule has 0 aliphatic carbocycles. The van der Waals surface area contributed by atoms with Crippen LogP contribution >= 0.6 is 7.82 Å². The Bertz CT molecular complexity index is 763. The molecular formula is C11H12N3O7P-2. The minimum atomic E-state index is -5.16. The number of nitrogens with one attached hydrogen (secondary N) is 1. The molecule has 0 saturated heterocycles. The van der Waals surface area contributed by atoms with Crippen LogP contribution in [-0.2, 0) is 22.2 Å². The fourth-order valence-corrected chi connectivity index (χ4v) is 2.08. The Hall–Kier alpha value is -1.97. The second-order valence-corrected chi connectivity index (χ2v) is 5.58. The number of H-pyrrole nitrogens is 1. The van der Waals surface area contributed by atoms with Crippen molar-refractivity contribution in [2.45, 2.75) is 20.1 Å². The van der Waals surface area contributed by atoms with Gasteiger partial charge >= 0.3 is 5.56 Å². The molecule has 120 valence electrons. The van der Waals surface area contributed by atoms with E-state index in [4.69, 9.17) is 0 Å². The molecule has 0 spiro atoms. The number of nitrogens with zero attached hydrogens (tertiary/aromatic N) is 1. The number of quaternary nitrogens is 1. The summed E-state index contributed by atoms with van der Waals surface area (Å²) in [5.41, 5.74) is 0.333. The van der Waals surface area contributed by atoms with Crippen LogP contribution in [0.3, 0.4) is 0 Å². The fraction of sp³-hybridized carbons (Fsp3) is 0.273. The van der Waals surface area contributed by atoms with Crippen molar-refractivity contribution in [3.8, 4) is 5.75 Å². The number of aromatic nitrogens is 2. The number of rotatable bonds is 6. The normalized spacial score (nSPS) is 11.8. The molecule has 0 bridgehead atoms. The lowest BCUT2D eigenvalue weighted by atomic mass is 10.1. The van der Waals surface area contributed by atoms with E-state index >= 15 is 0 Å². The molecule has 2 heterocycles. The van der Waals surface area contributed by atoms with E-state index in [1.807, 2.05) is 0 Å². The second-order valence-electron chi connectivity index (χ2n) is 4.43. The van der Waals surface area contributed by atoms with Crippen LogP contribution in [0.5, 0.6) is 5.75 Å². The molecule has 0 aromatic carbocycles. The van der Waals surface area contributed by atoms with Gasteiger partial charge in [-0.3, -0.25) is 9.78 Å². The van der Waals surface area contributed by atoms with Gasteiger partial charge in [0.2, 0.25) is 5.69 Å². The van der Waals surface area contributed by atoms with Crippen molar-refractivity contribution in [1.29, 1.82) is 0 Å². The first-order valence-electron chi connectivity index (χ1n) is 6.08. The Labute approximate surface area is 124 Å². The Kier molecular flexibility index (Phi) is 4.79. The Morgan fingerprint density at radius 2 is 2.23 bits per heavy atom. The minimum absolute atomic E-state index is 0.0332. The molecule has 0 radical (unpaired) electrons. The maximum absolute atomic E-state index is 12.1. The summed E-state index contributed by atoms with van der Waals surface area (Å²) in [4.78, 5) is 36.2. The molecule has 0 atom stereocenters. The largest absolute Gasteiger partial charge is 0.871 e. The zero-order valence-electron chi connectivity index (χ0n) is 11.4. The highest BCUT2D eigenvalue weighted by molar-refractivity contribution is 7.43. The number of phosphoric acid groups is 1. The van der Waals surface area contributed by atoms with E-state index in [2.05, 4.69) is 19.2 Å². The van der Waals surface area contributed by atoms with E-state index < -0.39 is 25.7 Å². The second kappa shape index (κ2) is 6.42. The zero-order chi connectivity index (χ0) is 16.3. The van der Waals surface area contributed by atoms with Crippen LogP contribution in [0.1, 0.15) is 16.8 Å². The molecule has 0 aliphatic rings. The molecule has 2 rings (SSSR count). The van der Waals surface area contributed by atoms with Crippen molar-refractivity contribution in [2.24, 2.45) is 0 Å². The number of aryl methyl sites for hydroxylation is 1. The van der Waals surface area contributed by atoms with Crippen molar-refractivity contribution >= 4 is 13.5 Å². The molecule has 22 heavy (non-hydrogen) atoms. The summed E-state index contributed by atoms with van der Waals surface area (Å²) in [6.45, 7) is 0.941. The highest BCUT2D eigenvalue weighted by Crippen LogP contribution is 2.29. The Balaban J connectivity index is 2.23. The highest BCUT2D eigenvalue weighted by Gasteiger charge is 2.12. The molecule has 0 amide bonds. The van der Waals surface area contributed by atoms with Gasteiger partial charge in [-0.25, -0.2) is 0 Å². The van der Waals surface area contributed by atoms with Crippen LogP contribution in [0, 0.1) is 6.92 Å². The predicted molar refractivity (Wildman–Crippen MR) is 65.4 cm³/mol. The lowest BCUT2D eigenvalue weighted by Gasteiger charge is -2.29. The van der Waals surface area contributed by atoms with Crippen LogP contribution < -0.4 is 25.8 Å². The van der Waals surface area contributed by atoms with Crippen molar-refractivity contribution in [2.75, 3.05) is 0 Å². The smallest absolute Gasteiger partial charge is 0.341 e. The number of hydrogen-bond donors (Lipinski definition) is 2. The van der Waals surface area contributed by atoms with Crippen molar-refractivity contribution in [3.05, 3.63) is 39.6 Å². The molecule has 0 aliphatic heterocycles. The van der Waals surface area contributed by atoms with Gasteiger partial charge in [0.15, 0.2) is 6.26 Å². The lowest BCUT2D eigenvalue weighted by molar-refractivity contribution is -0.590. The number of pyridine rings is 1. The molecule has 0 unspecified atom stereocenters. The van der Waals surface area contributed by atoms with Gasteiger partial charge < -0.3 is 33.8 Å². The maximum atomic E-state index is 12.1. The topological polar surface area (TPSA) is 171 Å². The third kappa shape index (κ3) is 4.03. The lowest BCUT2D eigenvalue weighted by Crippen LogP contribution is -2.77. The average Bonchev–Trinajstić information content (AvgIpc) is 2.83. The standard InChI is InChI=1S/C11H14N3O7P/c1-6-10(15)8(3-13-9-5-20-14-11(9)16)7(2-12-6)4-21-22(17,18)19/h2,5,13,15H,3-4H2,1H3,(H,14,16)(H2,17,18,19)/p-2. The number of aromatic amines is 1. The van der Waals surface area contributed by atoms with E-state index in [9.17, 15) is 24.3 Å². The van der Waals surface area contributed by atoms with E-state index in [1.165, 1.54) is 24.7 Å². The maximum Gasteiger partial charge on any atom is 0.341 e. The summed E-state index contributed by atoms with van der Waals surface area (Å²) in [5.74, 6) is -0.413. The van der Waals surface area contributed by atoms with E-state index in [1.54, 1.807) is 0 Å². The third-order valence-electron chi connectivity index (χ3n) is 2.91. The zero-order valence-corrected chi connectivity index (χ0v) is 12.3. The minimum Gasteiger partial charge on any atom is -0.871 e.